The Morgan fingerprint density at radius 2 is 1.59 bits per heavy atom. The van der Waals surface area contributed by atoms with Crippen LogP contribution in [0.15, 0.2) is 24.3 Å². The van der Waals surface area contributed by atoms with Gasteiger partial charge in [-0.25, -0.2) is 0 Å². The average molecular weight is 410 g/mol. The SMILES string of the molecule is O=C(COc1cccc(C(F)(F)F)c1)NNC(=O)CC12CC3CC(CC(C3)C1)C2. The van der Waals surface area contributed by atoms with E-state index >= 15 is 0 Å². The molecule has 29 heavy (non-hydrogen) atoms. The average Bonchev–Trinajstić information content (AvgIpc) is 2.63. The molecule has 5 nitrogen and oxygen atoms in total. The van der Waals surface area contributed by atoms with Crippen LogP contribution >= 0.6 is 0 Å². The van der Waals surface area contributed by atoms with Crippen molar-refractivity contribution < 1.29 is 27.5 Å². The Balaban J connectivity index is 1.22. The van der Waals surface area contributed by atoms with Gasteiger partial charge in [-0.3, -0.25) is 20.4 Å². The molecule has 0 aromatic heterocycles. The van der Waals surface area contributed by atoms with Crippen LogP contribution in [0.5, 0.6) is 5.75 Å². The van der Waals surface area contributed by atoms with Gasteiger partial charge in [-0.05, 0) is 79.9 Å². The lowest BCUT2D eigenvalue weighted by Gasteiger charge is -2.56. The van der Waals surface area contributed by atoms with Crippen LogP contribution in [0.2, 0.25) is 0 Å². The van der Waals surface area contributed by atoms with Gasteiger partial charge >= 0.3 is 6.18 Å². The molecule has 4 fully saturated rings. The van der Waals surface area contributed by atoms with Crippen LogP contribution in [0.1, 0.15) is 50.5 Å². The lowest BCUT2D eigenvalue weighted by molar-refractivity contribution is -0.137. The lowest BCUT2D eigenvalue weighted by atomic mass is 9.49. The van der Waals surface area contributed by atoms with Gasteiger partial charge in [-0.2, -0.15) is 13.2 Å². The molecule has 4 saturated carbocycles. The van der Waals surface area contributed by atoms with E-state index in [1.807, 2.05) is 0 Å². The Labute approximate surface area is 167 Å². The number of rotatable bonds is 5. The van der Waals surface area contributed by atoms with Gasteiger partial charge in [0.25, 0.3) is 5.91 Å². The number of halogens is 3. The molecule has 0 radical (unpaired) electrons. The van der Waals surface area contributed by atoms with Crippen molar-refractivity contribution in [3.8, 4) is 5.75 Å². The second kappa shape index (κ2) is 7.54. The predicted octanol–water partition coefficient (Wildman–Crippen LogP) is 3.84. The van der Waals surface area contributed by atoms with Crippen LogP contribution in [0, 0.1) is 23.2 Å². The first kappa shape index (κ1) is 20.0. The number of carbonyl (C=O) groups is 2. The van der Waals surface area contributed by atoms with Crippen molar-refractivity contribution in [3.63, 3.8) is 0 Å². The van der Waals surface area contributed by atoms with Crippen molar-refractivity contribution >= 4 is 11.8 Å². The fraction of sp³-hybridized carbons (Fsp3) is 0.619. The highest BCUT2D eigenvalue weighted by molar-refractivity contribution is 5.83. The van der Waals surface area contributed by atoms with E-state index < -0.39 is 24.3 Å². The number of ether oxygens (including phenoxy) is 1. The molecule has 1 aromatic carbocycles. The number of alkyl halides is 3. The summed E-state index contributed by atoms with van der Waals surface area (Å²) >= 11 is 0. The summed E-state index contributed by atoms with van der Waals surface area (Å²) in [7, 11) is 0. The molecule has 4 bridgehead atoms. The van der Waals surface area contributed by atoms with E-state index in [9.17, 15) is 22.8 Å². The van der Waals surface area contributed by atoms with Gasteiger partial charge in [0.1, 0.15) is 5.75 Å². The van der Waals surface area contributed by atoms with Gasteiger partial charge in [-0.1, -0.05) is 6.07 Å². The van der Waals surface area contributed by atoms with E-state index in [1.54, 1.807) is 0 Å². The number of benzene rings is 1. The Hall–Kier alpha value is -2.25. The molecule has 0 heterocycles. The summed E-state index contributed by atoms with van der Waals surface area (Å²) in [5.41, 5.74) is 3.94. The van der Waals surface area contributed by atoms with E-state index in [4.69, 9.17) is 4.74 Å². The lowest BCUT2D eigenvalue weighted by Crippen LogP contribution is -2.50. The van der Waals surface area contributed by atoms with Gasteiger partial charge in [0, 0.05) is 6.42 Å². The number of amides is 2. The van der Waals surface area contributed by atoms with Crippen LogP contribution in [-0.4, -0.2) is 18.4 Å². The van der Waals surface area contributed by atoms with Crippen molar-refractivity contribution in [1.82, 2.24) is 10.9 Å². The zero-order valence-corrected chi connectivity index (χ0v) is 16.1. The van der Waals surface area contributed by atoms with Crippen molar-refractivity contribution in [2.24, 2.45) is 23.2 Å². The first-order valence-corrected chi connectivity index (χ1v) is 10.1. The fourth-order valence-electron chi connectivity index (χ4n) is 5.98. The van der Waals surface area contributed by atoms with E-state index in [1.165, 1.54) is 31.4 Å². The molecule has 4 aliphatic rings. The Bertz CT molecular complexity index is 758. The number of carbonyl (C=O) groups excluding carboxylic acids is 2. The topological polar surface area (TPSA) is 67.4 Å². The smallest absolute Gasteiger partial charge is 0.416 e. The van der Waals surface area contributed by atoms with Crippen molar-refractivity contribution in [2.75, 3.05) is 6.61 Å². The first-order chi connectivity index (χ1) is 13.7. The van der Waals surface area contributed by atoms with Crippen molar-refractivity contribution in [3.05, 3.63) is 29.8 Å². The molecule has 0 aliphatic heterocycles. The molecular weight excluding hydrogens is 385 g/mol. The molecule has 2 amide bonds. The molecule has 1 aromatic rings. The van der Waals surface area contributed by atoms with Crippen molar-refractivity contribution in [1.29, 1.82) is 0 Å². The summed E-state index contributed by atoms with van der Waals surface area (Å²) in [4.78, 5) is 24.3. The quantitative estimate of drug-likeness (QED) is 0.725. The summed E-state index contributed by atoms with van der Waals surface area (Å²) in [5, 5.41) is 0. The Morgan fingerprint density at radius 1 is 1.00 bits per heavy atom. The molecule has 0 spiro atoms. The summed E-state index contributed by atoms with van der Waals surface area (Å²) in [6.45, 7) is -0.487. The van der Waals surface area contributed by atoms with Gasteiger partial charge in [-0.15, -0.1) is 0 Å². The summed E-state index contributed by atoms with van der Waals surface area (Å²) < 4.78 is 43.2. The summed E-state index contributed by atoms with van der Waals surface area (Å²) in [5.74, 6) is 1.31. The third-order valence-electron chi connectivity index (χ3n) is 6.57. The maximum Gasteiger partial charge on any atom is 0.416 e. The largest absolute Gasteiger partial charge is 0.484 e. The third kappa shape index (κ3) is 4.67. The van der Waals surface area contributed by atoms with E-state index in [0.29, 0.717) is 6.42 Å². The van der Waals surface area contributed by atoms with Crippen LogP contribution in [0.3, 0.4) is 0 Å². The second-order valence-corrected chi connectivity index (χ2v) is 9.00. The minimum atomic E-state index is -4.48. The molecule has 8 heteroatoms. The molecule has 4 aliphatic carbocycles. The minimum absolute atomic E-state index is 0.0603. The third-order valence-corrected chi connectivity index (χ3v) is 6.57. The monoisotopic (exact) mass is 410 g/mol. The molecule has 158 valence electrons. The molecule has 0 saturated heterocycles. The maximum atomic E-state index is 12.7. The fourth-order valence-corrected chi connectivity index (χ4v) is 5.98. The van der Waals surface area contributed by atoms with Gasteiger partial charge in [0.15, 0.2) is 6.61 Å². The first-order valence-electron chi connectivity index (χ1n) is 10.1. The van der Waals surface area contributed by atoms with Crippen LogP contribution in [-0.2, 0) is 15.8 Å². The number of hydrogen-bond donors (Lipinski definition) is 2. The highest BCUT2D eigenvalue weighted by Crippen LogP contribution is 2.61. The number of hydrazine groups is 1. The Kier molecular flexibility index (Phi) is 5.21. The highest BCUT2D eigenvalue weighted by Gasteiger charge is 2.51. The van der Waals surface area contributed by atoms with E-state index in [0.717, 1.165) is 49.1 Å². The maximum absolute atomic E-state index is 12.7. The molecule has 2 N–H and O–H groups in total. The standard InChI is InChI=1S/C21H25F3N2O3/c22-21(23,24)16-2-1-3-17(7-16)29-12-19(28)26-25-18(27)11-20-8-13-4-14(9-20)6-15(5-13)10-20/h1-3,7,13-15H,4-6,8-12H2,(H,25,27)(H,26,28). The van der Waals surface area contributed by atoms with Crippen molar-refractivity contribution in [2.45, 2.75) is 51.1 Å². The number of hydrogen-bond acceptors (Lipinski definition) is 3. The van der Waals surface area contributed by atoms with E-state index in [2.05, 4.69) is 10.9 Å². The van der Waals surface area contributed by atoms with Crippen LogP contribution in [0.25, 0.3) is 0 Å². The van der Waals surface area contributed by atoms with Crippen LogP contribution in [0.4, 0.5) is 13.2 Å². The summed E-state index contributed by atoms with van der Waals surface area (Å²) in [6.07, 6.45) is 3.11. The van der Waals surface area contributed by atoms with Crippen LogP contribution < -0.4 is 15.6 Å². The van der Waals surface area contributed by atoms with E-state index in [-0.39, 0.29) is 17.1 Å². The number of nitrogens with one attached hydrogen (secondary N) is 2. The molecule has 0 unspecified atom stereocenters. The molecule has 5 rings (SSSR count). The molecular formula is C21H25F3N2O3. The summed E-state index contributed by atoms with van der Waals surface area (Å²) in [6, 6.07) is 4.31. The predicted molar refractivity (Wildman–Crippen MR) is 98.4 cm³/mol. The zero-order chi connectivity index (χ0) is 20.6. The second-order valence-electron chi connectivity index (χ2n) is 9.00. The van der Waals surface area contributed by atoms with Gasteiger partial charge < -0.3 is 4.74 Å². The highest BCUT2D eigenvalue weighted by atomic mass is 19.4. The zero-order valence-electron chi connectivity index (χ0n) is 16.1. The minimum Gasteiger partial charge on any atom is -0.484 e. The van der Waals surface area contributed by atoms with Gasteiger partial charge in [0.2, 0.25) is 5.91 Å². The molecule has 0 atom stereocenters. The van der Waals surface area contributed by atoms with Gasteiger partial charge in [0.05, 0.1) is 5.56 Å². The Morgan fingerprint density at radius 3 is 2.17 bits per heavy atom. The normalized spacial score (nSPS) is 30.1.